The van der Waals surface area contributed by atoms with Crippen LogP contribution in [0.25, 0.3) is 0 Å². The van der Waals surface area contributed by atoms with Crippen LogP contribution in [-0.2, 0) is 24.7 Å². The van der Waals surface area contributed by atoms with Gasteiger partial charge in [0, 0.05) is 30.1 Å². The number of carbonyl (C=O) groups is 3. The molecule has 1 aromatic carbocycles. The monoisotopic (exact) mass is 555 g/mol. The third kappa shape index (κ3) is 8.05. The highest BCUT2D eigenvalue weighted by molar-refractivity contribution is 6.30. The van der Waals surface area contributed by atoms with E-state index < -0.39 is 40.8 Å². The van der Waals surface area contributed by atoms with Gasteiger partial charge in [-0.15, -0.1) is 0 Å². The highest BCUT2D eigenvalue weighted by Gasteiger charge is 2.53. The van der Waals surface area contributed by atoms with Crippen LogP contribution in [0.2, 0.25) is 5.02 Å². The van der Waals surface area contributed by atoms with Gasteiger partial charge in [0.25, 0.3) is 0 Å². The molecule has 2 rings (SSSR count). The summed E-state index contributed by atoms with van der Waals surface area (Å²) in [5.74, 6) is -1.20. The summed E-state index contributed by atoms with van der Waals surface area (Å²) in [5.41, 5.74) is -1.86. The smallest absolute Gasteiger partial charge is 0.336 e. The summed E-state index contributed by atoms with van der Waals surface area (Å²) in [6.07, 6.45) is -0.895. The number of benzene rings is 1. The van der Waals surface area contributed by atoms with Crippen molar-refractivity contribution in [2.24, 2.45) is 11.3 Å². The first-order valence-corrected chi connectivity index (χ1v) is 13.2. The number of halogens is 1. The summed E-state index contributed by atoms with van der Waals surface area (Å²) in [4.78, 5) is 39.6. The lowest BCUT2D eigenvalue weighted by molar-refractivity contribution is -0.221. The summed E-state index contributed by atoms with van der Waals surface area (Å²) < 4.78 is 11.4. The van der Waals surface area contributed by atoms with Crippen LogP contribution in [0.5, 0.6) is 0 Å². The number of esters is 1. The Labute approximate surface area is 230 Å². The zero-order valence-electron chi connectivity index (χ0n) is 23.3. The number of hydrogen-bond acceptors (Lipinski definition) is 7. The van der Waals surface area contributed by atoms with Crippen LogP contribution in [0.3, 0.4) is 0 Å². The predicted molar refractivity (Wildman–Crippen MR) is 143 cm³/mol. The van der Waals surface area contributed by atoms with Gasteiger partial charge in [0.15, 0.2) is 6.79 Å². The first-order chi connectivity index (χ1) is 17.5. The van der Waals surface area contributed by atoms with Crippen molar-refractivity contribution in [3.05, 3.63) is 34.9 Å². The lowest BCUT2D eigenvalue weighted by Gasteiger charge is -2.53. The number of ether oxygens (including phenoxy) is 2. The molecule has 0 bridgehead atoms. The second-order valence-corrected chi connectivity index (χ2v) is 11.9. The van der Waals surface area contributed by atoms with Gasteiger partial charge in [0.1, 0.15) is 17.7 Å². The van der Waals surface area contributed by atoms with Crippen LogP contribution in [0.15, 0.2) is 24.3 Å². The van der Waals surface area contributed by atoms with E-state index in [0.717, 1.165) is 5.56 Å². The summed E-state index contributed by atoms with van der Waals surface area (Å²) >= 11 is 6.12. The minimum atomic E-state index is -1.28. The van der Waals surface area contributed by atoms with Crippen molar-refractivity contribution in [2.75, 3.05) is 26.4 Å². The molecule has 0 radical (unpaired) electrons. The predicted octanol–water partition coefficient (Wildman–Crippen LogP) is 2.79. The van der Waals surface area contributed by atoms with Gasteiger partial charge >= 0.3 is 12.0 Å². The molecule has 1 aromatic rings. The van der Waals surface area contributed by atoms with E-state index in [0.29, 0.717) is 24.5 Å². The normalized spacial score (nSPS) is 21.0. The zero-order chi connectivity index (χ0) is 28.9. The Morgan fingerprint density at radius 1 is 1.16 bits per heavy atom. The van der Waals surface area contributed by atoms with E-state index in [-0.39, 0.29) is 25.2 Å². The van der Waals surface area contributed by atoms with Gasteiger partial charge in [-0.3, -0.25) is 4.79 Å². The number of rotatable bonds is 10. The maximum absolute atomic E-state index is 13.6. The van der Waals surface area contributed by atoms with Gasteiger partial charge in [0.2, 0.25) is 5.91 Å². The molecule has 1 heterocycles. The molecule has 10 nitrogen and oxygen atoms in total. The van der Waals surface area contributed by atoms with Crippen molar-refractivity contribution in [1.82, 2.24) is 15.5 Å². The van der Waals surface area contributed by atoms with E-state index in [2.05, 4.69) is 10.6 Å². The van der Waals surface area contributed by atoms with Gasteiger partial charge < -0.3 is 35.2 Å². The largest absolute Gasteiger partial charge is 0.437 e. The number of urea groups is 1. The average molecular weight is 556 g/mol. The van der Waals surface area contributed by atoms with Crippen molar-refractivity contribution in [3.8, 4) is 0 Å². The molecule has 0 unspecified atom stereocenters. The highest BCUT2D eigenvalue weighted by atomic mass is 35.5. The number of hydrogen-bond donors (Lipinski definition) is 4. The number of piperidine rings is 1. The fourth-order valence-corrected chi connectivity index (χ4v) is 4.74. The van der Waals surface area contributed by atoms with Crippen molar-refractivity contribution in [1.29, 1.82) is 0 Å². The fourth-order valence-electron chi connectivity index (χ4n) is 4.62. The van der Waals surface area contributed by atoms with E-state index in [1.54, 1.807) is 30.9 Å². The van der Waals surface area contributed by atoms with Gasteiger partial charge in [-0.05, 0) is 50.8 Å². The van der Waals surface area contributed by atoms with Crippen LogP contribution in [0, 0.1) is 11.3 Å². The van der Waals surface area contributed by atoms with Crippen LogP contribution >= 0.6 is 11.6 Å². The molecular weight excluding hydrogens is 514 g/mol. The highest BCUT2D eigenvalue weighted by Crippen LogP contribution is 2.49. The van der Waals surface area contributed by atoms with Crippen LogP contribution in [0.1, 0.15) is 60.5 Å². The molecule has 0 saturated carbocycles. The first-order valence-electron chi connectivity index (χ1n) is 12.8. The maximum atomic E-state index is 13.6. The van der Waals surface area contributed by atoms with Crippen molar-refractivity contribution in [2.45, 2.75) is 78.2 Å². The first kappa shape index (κ1) is 31.8. The minimum absolute atomic E-state index is 0.0369. The Morgan fingerprint density at radius 2 is 1.76 bits per heavy atom. The quantitative estimate of drug-likeness (QED) is 0.257. The van der Waals surface area contributed by atoms with Gasteiger partial charge in [-0.25, -0.2) is 9.59 Å². The number of carbonyl (C=O) groups excluding carboxylic acids is 3. The standard InChI is InChI=1S/C27H42ClN3O7/c1-17(2)21(30-24(35)29-14-26(6,7)36)22(33)31-13-12-27(25(4,5)15-31,19-8-10-20(28)11-9-19)38-16-37-23(34)18(3)32/h8-11,17-18,21,32,36H,12-16H2,1-7H3,(H2,29,30,35)/t18-,21-,27+/m1/s1. The molecule has 1 aliphatic heterocycles. The van der Waals surface area contributed by atoms with E-state index in [1.807, 2.05) is 39.8 Å². The molecule has 38 heavy (non-hydrogen) atoms. The molecule has 0 spiro atoms. The molecule has 4 N–H and O–H groups in total. The molecule has 1 fully saturated rings. The Morgan fingerprint density at radius 3 is 2.26 bits per heavy atom. The van der Waals surface area contributed by atoms with E-state index in [4.69, 9.17) is 21.1 Å². The number of likely N-dealkylation sites (tertiary alicyclic amines) is 1. The molecule has 1 aliphatic rings. The molecular formula is C27H42ClN3O7. The maximum Gasteiger partial charge on any atom is 0.336 e. The van der Waals surface area contributed by atoms with E-state index in [1.165, 1.54) is 6.92 Å². The number of nitrogens with zero attached hydrogens (tertiary/aromatic N) is 1. The Kier molecular flexibility index (Phi) is 10.6. The second kappa shape index (κ2) is 12.6. The molecule has 0 aliphatic carbocycles. The Hall–Kier alpha value is -2.40. The summed E-state index contributed by atoms with van der Waals surface area (Å²) in [7, 11) is 0. The number of aliphatic hydroxyl groups is 2. The van der Waals surface area contributed by atoms with E-state index in [9.17, 15) is 24.6 Å². The Balaban J connectivity index is 2.25. The molecule has 11 heteroatoms. The topological polar surface area (TPSA) is 137 Å². The molecule has 214 valence electrons. The van der Waals surface area contributed by atoms with E-state index >= 15 is 0 Å². The molecule has 0 aromatic heterocycles. The van der Waals surface area contributed by atoms with Crippen molar-refractivity contribution < 1.29 is 34.1 Å². The SMILES string of the molecule is CC(C)[C@@H](NC(=O)NCC(C)(C)O)C(=O)N1CC[C@](OCOC(=O)[C@@H](C)O)(c2ccc(Cl)cc2)C(C)(C)C1. The van der Waals surface area contributed by atoms with Crippen LogP contribution in [-0.4, -0.2) is 77.2 Å². The van der Waals surface area contributed by atoms with Gasteiger partial charge in [0.05, 0.1) is 5.60 Å². The molecule has 3 amide bonds. The minimum Gasteiger partial charge on any atom is -0.437 e. The van der Waals surface area contributed by atoms with Crippen molar-refractivity contribution >= 4 is 29.5 Å². The number of amides is 3. The summed E-state index contributed by atoms with van der Waals surface area (Å²) in [6, 6.07) is 5.90. The number of aliphatic hydroxyl groups excluding tert-OH is 1. The summed E-state index contributed by atoms with van der Waals surface area (Å²) in [5, 5.41) is 25.3. The average Bonchev–Trinajstić information content (AvgIpc) is 2.81. The number of nitrogens with one attached hydrogen (secondary N) is 2. The molecule has 1 saturated heterocycles. The lowest BCUT2D eigenvalue weighted by Crippen LogP contribution is -2.62. The Bertz CT molecular complexity index is 976. The third-order valence-electron chi connectivity index (χ3n) is 6.78. The van der Waals surface area contributed by atoms with Crippen LogP contribution in [0.4, 0.5) is 4.79 Å². The summed E-state index contributed by atoms with van der Waals surface area (Å²) in [6.45, 7) is 12.4. The fraction of sp³-hybridized carbons (Fsp3) is 0.667. The van der Waals surface area contributed by atoms with Crippen molar-refractivity contribution in [3.63, 3.8) is 0 Å². The molecule has 3 atom stereocenters. The zero-order valence-corrected chi connectivity index (χ0v) is 24.1. The van der Waals surface area contributed by atoms with Crippen LogP contribution < -0.4 is 10.6 Å². The second-order valence-electron chi connectivity index (χ2n) is 11.5. The lowest BCUT2D eigenvalue weighted by atomic mass is 9.66. The van der Waals surface area contributed by atoms with Gasteiger partial charge in [-0.2, -0.15) is 0 Å². The third-order valence-corrected chi connectivity index (χ3v) is 7.04. The van der Waals surface area contributed by atoms with Gasteiger partial charge in [-0.1, -0.05) is 51.4 Å².